The van der Waals surface area contributed by atoms with Crippen LogP contribution in [-0.2, 0) is 9.59 Å². The Balaban J connectivity index is 1.52. The fourth-order valence-electron chi connectivity index (χ4n) is 5.15. The van der Waals surface area contributed by atoms with Crippen molar-refractivity contribution < 1.29 is 9.59 Å². The lowest BCUT2D eigenvalue weighted by atomic mass is 9.54. The van der Waals surface area contributed by atoms with Gasteiger partial charge in [0.1, 0.15) is 0 Å². The number of hydrogen-bond donors (Lipinski definition) is 2. The monoisotopic (exact) mass is 461 g/mol. The number of thiocarbonyl (C=S) groups is 1. The van der Waals surface area contributed by atoms with Crippen LogP contribution in [-0.4, -0.2) is 21.9 Å². The summed E-state index contributed by atoms with van der Waals surface area (Å²) in [5.41, 5.74) is 4.88. The van der Waals surface area contributed by atoms with Crippen molar-refractivity contribution in [2.24, 2.45) is 35.5 Å². The molecule has 3 aliphatic carbocycles. The van der Waals surface area contributed by atoms with E-state index in [-0.39, 0.29) is 40.6 Å². The average Bonchev–Trinajstić information content (AvgIpc) is 2.90. The van der Waals surface area contributed by atoms with E-state index in [0.717, 1.165) is 21.6 Å². The van der Waals surface area contributed by atoms with Crippen LogP contribution in [0.4, 0.5) is 5.69 Å². The van der Waals surface area contributed by atoms with Gasteiger partial charge >= 0.3 is 0 Å². The van der Waals surface area contributed by atoms with Crippen LogP contribution in [0.1, 0.15) is 27.2 Å². The molecular weight excluding hydrogens is 438 g/mol. The van der Waals surface area contributed by atoms with E-state index in [1.54, 1.807) is 0 Å². The Morgan fingerprint density at radius 3 is 2.46 bits per heavy atom. The molecule has 0 spiro atoms. The predicted molar refractivity (Wildman–Crippen MR) is 116 cm³/mol. The van der Waals surface area contributed by atoms with Crippen LogP contribution >= 0.6 is 28.1 Å². The Bertz CT molecular complexity index is 867. The van der Waals surface area contributed by atoms with Crippen molar-refractivity contribution in [2.45, 2.75) is 27.2 Å². The molecule has 0 radical (unpaired) electrons. The maximum atomic E-state index is 13.2. The molecule has 1 aromatic rings. The summed E-state index contributed by atoms with van der Waals surface area (Å²) in [7, 11) is 0. The third-order valence-corrected chi connectivity index (χ3v) is 7.20. The second-order valence-corrected chi connectivity index (χ2v) is 9.70. The number of imide groups is 1. The molecule has 7 heteroatoms. The minimum Gasteiger partial charge on any atom is -0.331 e. The number of hydrazine groups is 1. The van der Waals surface area contributed by atoms with Gasteiger partial charge in [0.05, 0.1) is 11.8 Å². The van der Waals surface area contributed by atoms with Gasteiger partial charge in [-0.1, -0.05) is 41.4 Å². The van der Waals surface area contributed by atoms with E-state index in [0.29, 0.717) is 11.8 Å². The van der Waals surface area contributed by atoms with Gasteiger partial charge in [-0.05, 0) is 73.5 Å². The Kier molecular flexibility index (Phi) is 5.08. The Morgan fingerprint density at radius 2 is 1.82 bits per heavy atom. The zero-order chi connectivity index (χ0) is 20.2. The maximum Gasteiger partial charge on any atom is 0.252 e. The Hall–Kier alpha value is -1.73. The van der Waals surface area contributed by atoms with Crippen LogP contribution < -0.4 is 10.7 Å². The summed E-state index contributed by atoms with van der Waals surface area (Å²) in [6.45, 7) is 6.51. The number of amides is 2. The molecule has 148 valence electrons. The van der Waals surface area contributed by atoms with Crippen LogP contribution in [0.2, 0.25) is 0 Å². The lowest BCUT2D eigenvalue weighted by Gasteiger charge is -2.48. The number of rotatable bonds is 3. The number of carbonyl (C=O) groups is 2. The van der Waals surface area contributed by atoms with Gasteiger partial charge in [-0.3, -0.25) is 15.0 Å². The van der Waals surface area contributed by atoms with Crippen molar-refractivity contribution in [3.63, 3.8) is 0 Å². The van der Waals surface area contributed by atoms with E-state index in [1.807, 2.05) is 24.3 Å². The molecule has 5 rings (SSSR count). The van der Waals surface area contributed by atoms with E-state index in [4.69, 9.17) is 12.2 Å². The molecule has 1 heterocycles. The summed E-state index contributed by atoms with van der Waals surface area (Å²) in [6, 6.07) is 7.52. The van der Waals surface area contributed by atoms with Crippen molar-refractivity contribution in [1.82, 2.24) is 10.4 Å². The Morgan fingerprint density at radius 1 is 1.18 bits per heavy atom. The zero-order valence-electron chi connectivity index (χ0n) is 16.1. The first kappa shape index (κ1) is 19.6. The molecule has 1 saturated heterocycles. The molecule has 2 N–H and O–H groups in total. The predicted octanol–water partition coefficient (Wildman–Crippen LogP) is 4.12. The number of nitrogens with zero attached hydrogens (tertiary/aromatic N) is 1. The molecule has 5 unspecified atom stereocenters. The number of halogens is 1. The summed E-state index contributed by atoms with van der Waals surface area (Å²) < 4.78 is 0.962. The van der Waals surface area contributed by atoms with Crippen molar-refractivity contribution in [3.05, 3.63) is 40.4 Å². The third kappa shape index (κ3) is 3.18. The SMILES string of the molecule is CC1=CC2C(C(C)C)CC1C1C(=O)N(NC(=S)Nc3ccc(Br)cc3)C(=O)C21. The minimum atomic E-state index is -0.273. The summed E-state index contributed by atoms with van der Waals surface area (Å²) in [5, 5.41) is 4.42. The molecular formula is C21H24BrN3O2S. The summed E-state index contributed by atoms with van der Waals surface area (Å²) in [6.07, 6.45) is 3.23. The quantitative estimate of drug-likeness (QED) is 0.402. The number of nitrogens with one attached hydrogen (secondary N) is 2. The number of benzene rings is 1. The largest absolute Gasteiger partial charge is 0.331 e. The molecule has 28 heavy (non-hydrogen) atoms. The number of allylic oxidation sites excluding steroid dienone is 2. The molecule has 1 aromatic carbocycles. The third-order valence-electron chi connectivity index (χ3n) is 6.48. The second kappa shape index (κ2) is 7.26. The molecule has 1 aliphatic heterocycles. The van der Waals surface area contributed by atoms with E-state index in [1.165, 1.54) is 5.57 Å². The molecule has 4 aliphatic rings. The van der Waals surface area contributed by atoms with Crippen molar-refractivity contribution in [2.75, 3.05) is 5.32 Å². The van der Waals surface area contributed by atoms with Crippen molar-refractivity contribution >= 4 is 50.8 Å². The normalized spacial score (nSPS) is 31.1. The number of fused-ring (bicyclic) bond motifs is 1. The van der Waals surface area contributed by atoms with Gasteiger partial charge < -0.3 is 5.32 Å². The van der Waals surface area contributed by atoms with Gasteiger partial charge in [0.2, 0.25) is 0 Å². The van der Waals surface area contributed by atoms with Crippen LogP contribution in [0.25, 0.3) is 0 Å². The van der Waals surface area contributed by atoms with Gasteiger partial charge in [0.25, 0.3) is 11.8 Å². The fourth-order valence-corrected chi connectivity index (χ4v) is 5.62. The lowest BCUT2D eigenvalue weighted by Crippen LogP contribution is -2.48. The molecule has 2 amide bonds. The average molecular weight is 462 g/mol. The fraction of sp³-hybridized carbons (Fsp3) is 0.476. The van der Waals surface area contributed by atoms with Crippen molar-refractivity contribution in [1.29, 1.82) is 0 Å². The van der Waals surface area contributed by atoms with Crippen molar-refractivity contribution in [3.8, 4) is 0 Å². The highest BCUT2D eigenvalue weighted by Crippen LogP contribution is 2.56. The summed E-state index contributed by atoms with van der Waals surface area (Å²) >= 11 is 8.74. The highest BCUT2D eigenvalue weighted by Gasteiger charge is 2.61. The van der Waals surface area contributed by atoms with E-state index >= 15 is 0 Å². The van der Waals surface area contributed by atoms with E-state index in [2.05, 4.69) is 53.5 Å². The Labute approximate surface area is 179 Å². The van der Waals surface area contributed by atoms with Crippen LogP contribution in [0, 0.1) is 35.5 Å². The smallest absolute Gasteiger partial charge is 0.252 e. The standard InChI is InChI=1S/C21H24BrN3O2S/c1-10(2)14-9-15-11(3)8-16(14)18-17(15)19(26)25(20(18)27)24-21(28)23-13-6-4-12(22)5-7-13/h4-8,10,14-18H,9H2,1-3H3,(H2,23,24,28). The van der Waals surface area contributed by atoms with Gasteiger partial charge in [-0.25, -0.2) is 0 Å². The molecule has 1 saturated carbocycles. The lowest BCUT2D eigenvalue weighted by molar-refractivity contribution is -0.142. The van der Waals surface area contributed by atoms with Gasteiger partial charge in [0.15, 0.2) is 5.11 Å². The molecule has 2 bridgehead atoms. The second-order valence-electron chi connectivity index (χ2n) is 8.37. The first-order valence-electron chi connectivity index (χ1n) is 9.67. The number of anilines is 1. The van der Waals surface area contributed by atoms with E-state index < -0.39 is 0 Å². The van der Waals surface area contributed by atoms with Gasteiger partial charge in [-0.2, -0.15) is 5.01 Å². The van der Waals surface area contributed by atoms with Crippen LogP contribution in [0.5, 0.6) is 0 Å². The number of carbonyl (C=O) groups excluding carboxylic acids is 2. The minimum absolute atomic E-state index is 0.131. The van der Waals surface area contributed by atoms with Gasteiger partial charge in [-0.15, -0.1) is 0 Å². The maximum absolute atomic E-state index is 13.2. The van der Waals surface area contributed by atoms with E-state index in [9.17, 15) is 9.59 Å². The highest BCUT2D eigenvalue weighted by molar-refractivity contribution is 9.10. The first-order valence-corrected chi connectivity index (χ1v) is 10.9. The van der Waals surface area contributed by atoms with Crippen LogP contribution in [0.3, 0.4) is 0 Å². The molecule has 5 nitrogen and oxygen atoms in total. The molecule has 2 fully saturated rings. The summed E-state index contributed by atoms with van der Waals surface area (Å²) in [5.74, 6) is 0.372. The highest BCUT2D eigenvalue weighted by atomic mass is 79.9. The topological polar surface area (TPSA) is 61.4 Å². The van der Waals surface area contributed by atoms with Crippen LogP contribution in [0.15, 0.2) is 40.4 Å². The van der Waals surface area contributed by atoms with Gasteiger partial charge in [0, 0.05) is 10.2 Å². The number of hydrogen-bond acceptors (Lipinski definition) is 3. The zero-order valence-corrected chi connectivity index (χ0v) is 18.5. The molecule has 0 aromatic heterocycles. The molecule has 5 atom stereocenters. The first-order chi connectivity index (χ1) is 13.3. The summed E-state index contributed by atoms with van der Waals surface area (Å²) in [4.78, 5) is 26.3.